The second-order valence-corrected chi connectivity index (χ2v) is 10.9. The highest BCUT2D eigenvalue weighted by molar-refractivity contribution is 5.71. The Bertz CT molecular complexity index is 1390. The molecule has 2 unspecified atom stereocenters. The number of halogens is 9. The molecular weight excluding hydrogens is 639 g/mol. The molecule has 3 heterocycles. The van der Waals surface area contributed by atoms with Crippen molar-refractivity contribution in [1.29, 1.82) is 0 Å². The van der Waals surface area contributed by atoms with E-state index in [-0.39, 0.29) is 36.6 Å². The van der Waals surface area contributed by atoms with E-state index in [9.17, 15) is 49.1 Å². The molecule has 0 N–H and O–H groups in total. The lowest BCUT2D eigenvalue weighted by Crippen LogP contribution is -2.47. The number of alkyl halides is 9. The van der Waals surface area contributed by atoms with Crippen LogP contribution in [0, 0.1) is 0 Å². The lowest BCUT2D eigenvalue weighted by Gasteiger charge is -2.39. The molecule has 2 aliphatic heterocycles. The number of piperidine rings is 1. The van der Waals surface area contributed by atoms with Crippen LogP contribution in [0.15, 0.2) is 30.5 Å². The Kier molecular flexibility index (Phi) is 9.92. The predicted octanol–water partition coefficient (Wildman–Crippen LogP) is 7.67. The Morgan fingerprint density at radius 1 is 0.935 bits per heavy atom. The molecule has 0 spiro atoms. The highest BCUT2D eigenvalue weighted by Gasteiger charge is 2.44. The van der Waals surface area contributed by atoms with Gasteiger partial charge in [0.15, 0.2) is 0 Å². The van der Waals surface area contributed by atoms with E-state index in [0.717, 1.165) is 11.0 Å². The SMILES string of the molecule is CCOC(=O)N1CCC(N(CC)c2ncc(C(F)(F)F)cc2CN2C(=O)OC(c3cc(C(F)(F)F)cc(C(F)(F)F)c3)C2C)CC1. The number of aromatic nitrogens is 1. The molecule has 0 saturated carbocycles. The van der Waals surface area contributed by atoms with Crippen LogP contribution in [0.1, 0.15) is 67.5 Å². The number of likely N-dealkylation sites (tertiary alicyclic amines) is 1. The minimum Gasteiger partial charge on any atom is -0.450 e. The number of benzene rings is 1. The van der Waals surface area contributed by atoms with Gasteiger partial charge in [-0.25, -0.2) is 14.6 Å². The maximum absolute atomic E-state index is 13.7. The molecule has 2 atom stereocenters. The number of pyridine rings is 1. The quantitative estimate of drug-likeness (QED) is 0.282. The molecule has 0 bridgehead atoms. The highest BCUT2D eigenvalue weighted by Crippen LogP contribution is 2.42. The molecular formula is C29H31F9N4O4. The largest absolute Gasteiger partial charge is 0.450 e. The minimum absolute atomic E-state index is 0.0557. The number of hydrogen-bond donors (Lipinski definition) is 0. The zero-order valence-corrected chi connectivity index (χ0v) is 24.9. The van der Waals surface area contributed by atoms with Gasteiger partial charge in [-0.1, -0.05) is 0 Å². The summed E-state index contributed by atoms with van der Waals surface area (Å²) in [6.45, 7) is 5.28. The number of carbonyl (C=O) groups excluding carboxylic acids is 2. The van der Waals surface area contributed by atoms with Gasteiger partial charge >= 0.3 is 30.7 Å². The summed E-state index contributed by atoms with van der Waals surface area (Å²) in [5.74, 6) is 0.104. The number of nitrogens with zero attached hydrogens (tertiary/aromatic N) is 4. The summed E-state index contributed by atoms with van der Waals surface area (Å²) in [6.07, 6.45) is -16.8. The van der Waals surface area contributed by atoms with E-state index in [1.54, 1.807) is 18.7 Å². The van der Waals surface area contributed by atoms with Gasteiger partial charge < -0.3 is 19.3 Å². The number of ether oxygens (including phenoxy) is 2. The molecule has 1 aromatic heterocycles. The van der Waals surface area contributed by atoms with Gasteiger partial charge in [0.2, 0.25) is 0 Å². The molecule has 8 nitrogen and oxygen atoms in total. The summed E-state index contributed by atoms with van der Waals surface area (Å²) in [7, 11) is 0. The van der Waals surface area contributed by atoms with Crippen molar-refractivity contribution in [2.45, 2.75) is 76.9 Å². The third-order valence-electron chi connectivity index (χ3n) is 7.99. The smallest absolute Gasteiger partial charge is 0.417 e. The number of carbonyl (C=O) groups is 2. The van der Waals surface area contributed by atoms with Crippen molar-refractivity contribution in [2.75, 3.05) is 31.1 Å². The summed E-state index contributed by atoms with van der Waals surface area (Å²) < 4.78 is 132. The second-order valence-electron chi connectivity index (χ2n) is 10.9. The number of cyclic esters (lactones) is 1. The van der Waals surface area contributed by atoms with Crippen LogP contribution in [-0.4, -0.2) is 65.3 Å². The average Bonchev–Trinajstić information content (AvgIpc) is 3.25. The molecule has 17 heteroatoms. The van der Waals surface area contributed by atoms with Crippen LogP contribution in [0.5, 0.6) is 0 Å². The molecule has 2 fully saturated rings. The van der Waals surface area contributed by atoms with Gasteiger partial charge in [-0.2, -0.15) is 39.5 Å². The number of amides is 2. The molecule has 2 saturated heterocycles. The summed E-state index contributed by atoms with van der Waals surface area (Å²) in [6, 6.07) is 0.207. The van der Waals surface area contributed by atoms with E-state index < -0.39 is 71.7 Å². The van der Waals surface area contributed by atoms with Crippen molar-refractivity contribution in [3.8, 4) is 0 Å². The average molecular weight is 671 g/mol. The third-order valence-corrected chi connectivity index (χ3v) is 7.99. The van der Waals surface area contributed by atoms with Crippen LogP contribution in [0.4, 0.5) is 54.9 Å². The van der Waals surface area contributed by atoms with Gasteiger partial charge in [0.25, 0.3) is 0 Å². The first-order valence-electron chi connectivity index (χ1n) is 14.4. The van der Waals surface area contributed by atoms with Crippen LogP contribution >= 0.6 is 0 Å². The van der Waals surface area contributed by atoms with E-state index in [4.69, 9.17) is 9.47 Å². The normalized spacial score (nSPS) is 19.8. The molecule has 2 aliphatic rings. The van der Waals surface area contributed by atoms with Crippen molar-refractivity contribution in [3.63, 3.8) is 0 Å². The topological polar surface area (TPSA) is 75.2 Å². The highest BCUT2D eigenvalue weighted by atomic mass is 19.4. The van der Waals surface area contributed by atoms with Crippen molar-refractivity contribution in [3.05, 3.63) is 58.3 Å². The van der Waals surface area contributed by atoms with E-state index in [2.05, 4.69) is 4.98 Å². The molecule has 2 amide bonds. The van der Waals surface area contributed by atoms with Gasteiger partial charge in [0.1, 0.15) is 11.9 Å². The van der Waals surface area contributed by atoms with E-state index in [0.29, 0.717) is 44.3 Å². The van der Waals surface area contributed by atoms with Gasteiger partial charge in [-0.3, -0.25) is 4.90 Å². The molecule has 1 aromatic carbocycles. The zero-order chi connectivity index (χ0) is 34.2. The van der Waals surface area contributed by atoms with Crippen LogP contribution in [0.2, 0.25) is 0 Å². The monoisotopic (exact) mass is 670 g/mol. The van der Waals surface area contributed by atoms with E-state index in [1.165, 1.54) is 11.8 Å². The Morgan fingerprint density at radius 2 is 1.50 bits per heavy atom. The minimum atomic E-state index is -5.14. The molecule has 254 valence electrons. The molecule has 2 aromatic rings. The molecule has 0 radical (unpaired) electrons. The lowest BCUT2D eigenvalue weighted by atomic mass is 9.97. The van der Waals surface area contributed by atoms with Crippen molar-refractivity contribution in [1.82, 2.24) is 14.8 Å². The van der Waals surface area contributed by atoms with Crippen LogP contribution in [-0.2, 0) is 34.5 Å². The maximum atomic E-state index is 13.7. The Hall–Kier alpha value is -3.92. The van der Waals surface area contributed by atoms with Crippen molar-refractivity contribution in [2.24, 2.45) is 0 Å². The molecule has 46 heavy (non-hydrogen) atoms. The predicted molar refractivity (Wildman–Crippen MR) is 145 cm³/mol. The summed E-state index contributed by atoms with van der Waals surface area (Å²) >= 11 is 0. The Balaban J connectivity index is 1.66. The van der Waals surface area contributed by atoms with Gasteiger partial charge in [-0.15, -0.1) is 0 Å². The first-order valence-corrected chi connectivity index (χ1v) is 14.4. The fourth-order valence-electron chi connectivity index (χ4n) is 5.68. The Labute approximate surface area is 258 Å². The third kappa shape index (κ3) is 7.54. The fourth-order valence-corrected chi connectivity index (χ4v) is 5.68. The number of rotatable bonds is 7. The van der Waals surface area contributed by atoms with Crippen molar-refractivity contribution >= 4 is 18.0 Å². The summed E-state index contributed by atoms with van der Waals surface area (Å²) in [4.78, 5) is 33.4. The van der Waals surface area contributed by atoms with Gasteiger partial charge in [-0.05, 0) is 63.4 Å². The first-order chi connectivity index (χ1) is 21.3. The fraction of sp³-hybridized carbons (Fsp3) is 0.552. The number of hydrogen-bond acceptors (Lipinski definition) is 6. The second kappa shape index (κ2) is 13.1. The summed E-state index contributed by atoms with van der Waals surface area (Å²) in [5, 5.41) is 0. The van der Waals surface area contributed by atoms with Gasteiger partial charge in [0, 0.05) is 37.4 Å². The standard InChI is InChI=1S/C29H31F9N4O4/c1-4-41(22-6-8-40(9-7-22)25(43)45-5-2)24-18(12-21(14-39-24)29(36,37)38)15-42-16(3)23(46-26(42)44)17-10-19(27(30,31)32)13-20(11-17)28(33,34)35/h10-14,16,22-23H,4-9,15H2,1-3H3. The lowest BCUT2D eigenvalue weighted by molar-refractivity contribution is -0.143. The zero-order valence-electron chi connectivity index (χ0n) is 24.9. The maximum Gasteiger partial charge on any atom is 0.417 e. The van der Waals surface area contributed by atoms with E-state index in [1.807, 2.05) is 0 Å². The van der Waals surface area contributed by atoms with Gasteiger partial charge in [0.05, 0.1) is 35.9 Å². The van der Waals surface area contributed by atoms with E-state index >= 15 is 0 Å². The molecule has 0 aliphatic carbocycles. The first kappa shape index (κ1) is 34.9. The van der Waals surface area contributed by atoms with Crippen LogP contribution in [0.3, 0.4) is 0 Å². The summed E-state index contributed by atoms with van der Waals surface area (Å²) in [5.41, 5.74) is -4.96. The van der Waals surface area contributed by atoms with Crippen molar-refractivity contribution < 1.29 is 58.6 Å². The molecule has 4 rings (SSSR count). The van der Waals surface area contributed by atoms with Crippen LogP contribution in [0.25, 0.3) is 0 Å². The number of anilines is 1. The van der Waals surface area contributed by atoms with Crippen LogP contribution < -0.4 is 4.90 Å². The Morgan fingerprint density at radius 3 is 2.00 bits per heavy atom.